The Kier molecular flexibility index (Phi) is 7.33. The average Bonchev–Trinajstić information content (AvgIpc) is 2.76. The summed E-state index contributed by atoms with van der Waals surface area (Å²) in [6, 6.07) is 12.4. The van der Waals surface area contributed by atoms with Gasteiger partial charge in [-0.3, -0.25) is 4.79 Å². The molecular weight excluding hydrogens is 362 g/mol. The third-order valence-corrected chi connectivity index (χ3v) is 5.60. The van der Waals surface area contributed by atoms with Crippen molar-refractivity contribution >= 4 is 23.1 Å². The van der Waals surface area contributed by atoms with Crippen LogP contribution in [0.3, 0.4) is 0 Å². The second kappa shape index (κ2) is 10.1. The minimum absolute atomic E-state index is 0.218. The van der Waals surface area contributed by atoms with Gasteiger partial charge in [-0.25, -0.2) is 4.98 Å². The predicted octanol–water partition coefficient (Wildman–Crippen LogP) is 3.39. The summed E-state index contributed by atoms with van der Waals surface area (Å²) < 4.78 is 0. The number of anilines is 3. The monoisotopic (exact) mass is 395 g/mol. The van der Waals surface area contributed by atoms with Gasteiger partial charge in [-0.15, -0.1) is 0 Å². The van der Waals surface area contributed by atoms with Crippen molar-refractivity contribution in [2.75, 3.05) is 60.9 Å². The zero-order chi connectivity index (χ0) is 20.6. The first-order chi connectivity index (χ1) is 14.1. The quantitative estimate of drug-likeness (QED) is 0.743. The number of carbonyl (C=O) groups is 1. The van der Waals surface area contributed by atoms with Gasteiger partial charge in [0.25, 0.3) is 0 Å². The summed E-state index contributed by atoms with van der Waals surface area (Å²) in [4.78, 5) is 23.5. The summed E-state index contributed by atoms with van der Waals surface area (Å²) >= 11 is 0. The highest BCUT2D eigenvalue weighted by atomic mass is 16.2. The normalized spacial score (nSPS) is 14.0. The Morgan fingerprint density at radius 3 is 2.48 bits per heavy atom. The third-order valence-electron chi connectivity index (χ3n) is 5.60. The highest BCUT2D eigenvalue weighted by molar-refractivity contribution is 5.77. The lowest BCUT2D eigenvalue weighted by molar-refractivity contribution is -0.131. The Balaban J connectivity index is 1.44. The fourth-order valence-corrected chi connectivity index (χ4v) is 3.82. The van der Waals surface area contributed by atoms with Gasteiger partial charge in [0.1, 0.15) is 5.82 Å². The highest BCUT2D eigenvalue weighted by Crippen LogP contribution is 2.22. The molecule has 2 heterocycles. The molecule has 1 amide bonds. The number of aromatic nitrogens is 1. The number of rotatable bonds is 8. The molecule has 0 saturated carbocycles. The van der Waals surface area contributed by atoms with Crippen molar-refractivity contribution in [3.8, 4) is 0 Å². The zero-order valence-electron chi connectivity index (χ0n) is 17.9. The number of pyridine rings is 1. The zero-order valence-corrected chi connectivity index (χ0v) is 17.9. The van der Waals surface area contributed by atoms with Crippen LogP contribution in [0.15, 0.2) is 42.6 Å². The molecule has 0 aliphatic carbocycles. The molecule has 0 bridgehead atoms. The maximum atomic E-state index is 12.6. The van der Waals surface area contributed by atoms with Gasteiger partial charge in [-0.2, -0.15) is 0 Å². The van der Waals surface area contributed by atoms with Gasteiger partial charge in [0.05, 0.1) is 0 Å². The van der Waals surface area contributed by atoms with Crippen molar-refractivity contribution in [3.63, 3.8) is 0 Å². The van der Waals surface area contributed by atoms with Gasteiger partial charge in [0.2, 0.25) is 5.91 Å². The summed E-state index contributed by atoms with van der Waals surface area (Å²) in [6.07, 6.45) is 2.33. The second-order valence-electron chi connectivity index (χ2n) is 7.40. The summed E-state index contributed by atoms with van der Waals surface area (Å²) in [7, 11) is 0. The summed E-state index contributed by atoms with van der Waals surface area (Å²) in [5, 5.41) is 3.43. The van der Waals surface area contributed by atoms with E-state index < -0.39 is 0 Å². The number of nitrogens with zero attached hydrogens (tertiary/aromatic N) is 4. The molecule has 3 rings (SSSR count). The van der Waals surface area contributed by atoms with Crippen molar-refractivity contribution < 1.29 is 4.79 Å². The van der Waals surface area contributed by atoms with Crippen LogP contribution in [-0.2, 0) is 4.79 Å². The molecule has 0 spiro atoms. The third kappa shape index (κ3) is 5.40. The first-order valence-corrected chi connectivity index (χ1v) is 10.7. The van der Waals surface area contributed by atoms with Crippen LogP contribution < -0.4 is 15.1 Å². The molecule has 2 aromatic rings. The number of nitrogens with one attached hydrogen (secondary N) is 1. The van der Waals surface area contributed by atoms with E-state index in [0.29, 0.717) is 13.0 Å². The molecule has 1 N–H and O–H groups in total. The van der Waals surface area contributed by atoms with Crippen LogP contribution in [0.2, 0.25) is 0 Å². The van der Waals surface area contributed by atoms with Crippen LogP contribution in [0, 0.1) is 6.92 Å². The number of amides is 1. The number of hydrogen-bond donors (Lipinski definition) is 1. The van der Waals surface area contributed by atoms with Crippen LogP contribution in [-0.4, -0.2) is 61.6 Å². The SMILES string of the molecule is CCN(CC)c1ccc(NCCC(=O)N2CCN(c3ccccn3)CC2)c(C)c1. The van der Waals surface area contributed by atoms with E-state index >= 15 is 0 Å². The summed E-state index contributed by atoms with van der Waals surface area (Å²) in [5.41, 5.74) is 3.57. The molecule has 6 nitrogen and oxygen atoms in total. The Morgan fingerprint density at radius 2 is 1.86 bits per heavy atom. The average molecular weight is 396 g/mol. The van der Waals surface area contributed by atoms with Gasteiger partial charge in [-0.05, 0) is 56.7 Å². The van der Waals surface area contributed by atoms with E-state index in [1.165, 1.54) is 11.3 Å². The lowest BCUT2D eigenvalue weighted by atomic mass is 10.1. The first-order valence-electron chi connectivity index (χ1n) is 10.7. The number of carbonyl (C=O) groups excluding carboxylic acids is 1. The van der Waals surface area contributed by atoms with E-state index in [1.807, 2.05) is 29.3 Å². The Hall–Kier alpha value is -2.76. The van der Waals surface area contributed by atoms with Gasteiger partial charge < -0.3 is 20.0 Å². The van der Waals surface area contributed by atoms with E-state index in [2.05, 4.69) is 59.1 Å². The summed E-state index contributed by atoms with van der Waals surface area (Å²) in [6.45, 7) is 12.3. The van der Waals surface area contributed by atoms with Gasteiger partial charge in [-0.1, -0.05) is 6.07 Å². The van der Waals surface area contributed by atoms with Crippen LogP contribution in [0.4, 0.5) is 17.2 Å². The minimum Gasteiger partial charge on any atom is -0.384 e. The molecule has 1 aromatic heterocycles. The number of hydrogen-bond acceptors (Lipinski definition) is 5. The number of aryl methyl sites for hydroxylation is 1. The summed E-state index contributed by atoms with van der Waals surface area (Å²) in [5.74, 6) is 1.21. The molecule has 29 heavy (non-hydrogen) atoms. The fourth-order valence-electron chi connectivity index (χ4n) is 3.82. The van der Waals surface area contributed by atoms with Crippen molar-refractivity contribution in [3.05, 3.63) is 48.2 Å². The molecule has 0 radical (unpaired) electrons. The van der Waals surface area contributed by atoms with Gasteiger partial charge in [0, 0.05) is 69.8 Å². The molecule has 0 unspecified atom stereocenters. The van der Waals surface area contributed by atoms with E-state index in [1.54, 1.807) is 0 Å². The Bertz CT molecular complexity index is 783. The Labute approximate surface area is 174 Å². The molecule has 1 fully saturated rings. The van der Waals surface area contributed by atoms with Crippen LogP contribution in [0.1, 0.15) is 25.8 Å². The van der Waals surface area contributed by atoms with E-state index in [4.69, 9.17) is 0 Å². The number of piperazine rings is 1. The molecule has 6 heteroatoms. The number of benzene rings is 1. The molecule has 1 saturated heterocycles. The Morgan fingerprint density at radius 1 is 1.10 bits per heavy atom. The standard InChI is InChI=1S/C23H33N5O/c1-4-26(5-2)20-9-10-21(19(3)18-20)24-13-11-23(29)28-16-14-27(15-17-28)22-8-6-7-12-25-22/h6-10,12,18,24H,4-5,11,13-17H2,1-3H3. The smallest absolute Gasteiger partial charge is 0.224 e. The maximum absolute atomic E-state index is 12.6. The van der Waals surface area contributed by atoms with Crippen LogP contribution >= 0.6 is 0 Å². The highest BCUT2D eigenvalue weighted by Gasteiger charge is 2.21. The lowest BCUT2D eigenvalue weighted by Gasteiger charge is -2.35. The van der Waals surface area contributed by atoms with E-state index in [-0.39, 0.29) is 5.91 Å². The second-order valence-corrected chi connectivity index (χ2v) is 7.40. The molecular formula is C23H33N5O. The lowest BCUT2D eigenvalue weighted by Crippen LogP contribution is -2.49. The van der Waals surface area contributed by atoms with Crippen molar-refractivity contribution in [2.24, 2.45) is 0 Å². The van der Waals surface area contributed by atoms with Gasteiger partial charge >= 0.3 is 0 Å². The van der Waals surface area contributed by atoms with Crippen molar-refractivity contribution in [1.29, 1.82) is 0 Å². The topological polar surface area (TPSA) is 51.7 Å². The first kappa shape index (κ1) is 21.0. The largest absolute Gasteiger partial charge is 0.384 e. The fraction of sp³-hybridized carbons (Fsp3) is 0.478. The molecule has 156 valence electrons. The maximum Gasteiger partial charge on any atom is 0.224 e. The molecule has 1 aliphatic heterocycles. The van der Waals surface area contributed by atoms with Gasteiger partial charge in [0.15, 0.2) is 0 Å². The van der Waals surface area contributed by atoms with Crippen LogP contribution in [0.25, 0.3) is 0 Å². The van der Waals surface area contributed by atoms with Crippen molar-refractivity contribution in [1.82, 2.24) is 9.88 Å². The van der Waals surface area contributed by atoms with E-state index in [0.717, 1.165) is 50.8 Å². The molecule has 1 aliphatic rings. The predicted molar refractivity (Wildman–Crippen MR) is 121 cm³/mol. The molecule has 0 atom stereocenters. The molecule has 1 aromatic carbocycles. The van der Waals surface area contributed by atoms with E-state index in [9.17, 15) is 4.79 Å². The van der Waals surface area contributed by atoms with Crippen LogP contribution in [0.5, 0.6) is 0 Å². The minimum atomic E-state index is 0.218. The van der Waals surface area contributed by atoms with Crippen molar-refractivity contribution in [2.45, 2.75) is 27.2 Å².